The number of hydrogen-bond acceptors (Lipinski definition) is 2. The molecule has 0 aliphatic rings. The van der Waals surface area contributed by atoms with Gasteiger partial charge in [-0.2, -0.15) is 0 Å². The van der Waals surface area contributed by atoms with Crippen LogP contribution in [0.5, 0.6) is 0 Å². The number of rotatable bonds is 4. The number of thiophene rings is 1. The Balaban J connectivity index is 1.62. The van der Waals surface area contributed by atoms with Gasteiger partial charge in [0.2, 0.25) is 0 Å². The van der Waals surface area contributed by atoms with Crippen LogP contribution in [0.2, 0.25) is 0 Å². The third-order valence-corrected chi connectivity index (χ3v) is 4.87. The Morgan fingerprint density at radius 3 is 2.70 bits per heavy atom. The topological polar surface area (TPSA) is 41.1 Å². The van der Waals surface area contributed by atoms with Gasteiger partial charge in [0, 0.05) is 16.4 Å². The van der Waals surface area contributed by atoms with Crippen molar-refractivity contribution in [2.75, 3.05) is 5.32 Å². The van der Waals surface area contributed by atoms with Crippen molar-refractivity contribution in [3.05, 3.63) is 65.0 Å². The van der Waals surface area contributed by atoms with E-state index in [1.807, 2.05) is 38.1 Å². The first-order valence-electron chi connectivity index (χ1n) is 7.72. The van der Waals surface area contributed by atoms with Crippen molar-refractivity contribution < 1.29 is 4.79 Å². The highest BCUT2D eigenvalue weighted by Crippen LogP contribution is 2.26. The lowest BCUT2D eigenvalue weighted by atomic mass is 10.1. The van der Waals surface area contributed by atoms with Gasteiger partial charge in [-0.25, -0.2) is 4.79 Å². The van der Waals surface area contributed by atoms with Crippen molar-refractivity contribution >= 4 is 33.1 Å². The summed E-state index contributed by atoms with van der Waals surface area (Å²) in [4.78, 5) is 12.1. The van der Waals surface area contributed by atoms with Gasteiger partial charge in [-0.05, 0) is 54.3 Å². The molecule has 3 aromatic rings. The van der Waals surface area contributed by atoms with E-state index in [0.29, 0.717) is 0 Å². The SMILES string of the molecule is Cc1ccccc1NC(=O)NC(C)Cc1csc2ccccc12. The summed E-state index contributed by atoms with van der Waals surface area (Å²) in [5.74, 6) is 0. The summed E-state index contributed by atoms with van der Waals surface area (Å²) < 4.78 is 1.29. The molecule has 0 saturated carbocycles. The molecular formula is C19H20N2OS. The minimum absolute atomic E-state index is 0.0667. The molecule has 0 spiro atoms. The van der Waals surface area contributed by atoms with E-state index < -0.39 is 0 Å². The number of carbonyl (C=O) groups is 1. The van der Waals surface area contributed by atoms with Crippen molar-refractivity contribution in [1.29, 1.82) is 0 Å². The van der Waals surface area contributed by atoms with Crippen LogP contribution in [0.25, 0.3) is 10.1 Å². The van der Waals surface area contributed by atoms with Crippen LogP contribution < -0.4 is 10.6 Å². The van der Waals surface area contributed by atoms with E-state index in [2.05, 4.69) is 40.3 Å². The number of nitrogens with one attached hydrogen (secondary N) is 2. The molecule has 4 heteroatoms. The second kappa shape index (κ2) is 6.84. The van der Waals surface area contributed by atoms with Gasteiger partial charge >= 0.3 is 6.03 Å². The molecule has 1 unspecified atom stereocenters. The summed E-state index contributed by atoms with van der Waals surface area (Å²) in [6.45, 7) is 4.01. The van der Waals surface area contributed by atoms with Crippen LogP contribution in [0.3, 0.4) is 0 Å². The van der Waals surface area contributed by atoms with Gasteiger partial charge < -0.3 is 10.6 Å². The summed E-state index contributed by atoms with van der Waals surface area (Å²) in [5, 5.41) is 9.39. The van der Waals surface area contributed by atoms with E-state index in [9.17, 15) is 4.79 Å². The summed E-state index contributed by atoms with van der Waals surface area (Å²) >= 11 is 1.75. The zero-order valence-electron chi connectivity index (χ0n) is 13.3. The minimum Gasteiger partial charge on any atom is -0.335 e. The number of hydrogen-bond donors (Lipinski definition) is 2. The van der Waals surface area contributed by atoms with Crippen LogP contribution in [0, 0.1) is 6.92 Å². The molecule has 2 aromatic carbocycles. The molecule has 2 amide bonds. The van der Waals surface area contributed by atoms with Gasteiger partial charge in [-0.3, -0.25) is 0 Å². The Morgan fingerprint density at radius 2 is 1.87 bits per heavy atom. The van der Waals surface area contributed by atoms with Gasteiger partial charge in [0.15, 0.2) is 0 Å². The number of benzene rings is 2. The minimum atomic E-state index is -0.161. The monoisotopic (exact) mass is 324 g/mol. The van der Waals surface area contributed by atoms with Crippen molar-refractivity contribution in [2.45, 2.75) is 26.3 Å². The molecule has 23 heavy (non-hydrogen) atoms. The van der Waals surface area contributed by atoms with Crippen LogP contribution in [0.4, 0.5) is 10.5 Å². The maximum atomic E-state index is 12.1. The standard InChI is InChI=1S/C19H20N2OS/c1-13-7-3-5-9-17(13)21-19(22)20-14(2)11-15-12-23-18-10-6-4-8-16(15)18/h3-10,12,14H,11H2,1-2H3,(H2,20,21,22). The lowest BCUT2D eigenvalue weighted by Gasteiger charge is -2.15. The highest BCUT2D eigenvalue weighted by atomic mass is 32.1. The number of aryl methyl sites for hydroxylation is 1. The average molecular weight is 324 g/mol. The third kappa shape index (κ3) is 3.71. The predicted molar refractivity (Wildman–Crippen MR) is 98.3 cm³/mol. The zero-order chi connectivity index (χ0) is 16.2. The van der Waals surface area contributed by atoms with Crippen molar-refractivity contribution in [3.8, 4) is 0 Å². The fourth-order valence-electron chi connectivity index (χ4n) is 2.67. The molecule has 118 valence electrons. The Labute approximate surface area is 140 Å². The largest absolute Gasteiger partial charge is 0.335 e. The van der Waals surface area contributed by atoms with Gasteiger partial charge in [0.1, 0.15) is 0 Å². The van der Waals surface area contributed by atoms with Gasteiger partial charge in [0.05, 0.1) is 0 Å². The van der Waals surface area contributed by atoms with E-state index >= 15 is 0 Å². The Bertz CT molecular complexity index is 825. The van der Waals surface area contributed by atoms with E-state index in [0.717, 1.165) is 17.7 Å². The Morgan fingerprint density at radius 1 is 1.13 bits per heavy atom. The third-order valence-electron chi connectivity index (χ3n) is 3.86. The molecular weight excluding hydrogens is 304 g/mol. The van der Waals surface area contributed by atoms with Crippen LogP contribution >= 0.6 is 11.3 Å². The first-order valence-corrected chi connectivity index (χ1v) is 8.59. The number of urea groups is 1. The molecule has 0 aliphatic carbocycles. The average Bonchev–Trinajstić information content (AvgIpc) is 2.93. The van der Waals surface area contributed by atoms with Crippen molar-refractivity contribution in [1.82, 2.24) is 5.32 Å². The molecule has 2 N–H and O–H groups in total. The van der Waals surface area contributed by atoms with E-state index in [1.165, 1.54) is 15.6 Å². The second-order valence-electron chi connectivity index (χ2n) is 5.78. The number of anilines is 1. The summed E-state index contributed by atoms with van der Waals surface area (Å²) in [6.07, 6.45) is 0.825. The van der Waals surface area contributed by atoms with Crippen molar-refractivity contribution in [3.63, 3.8) is 0 Å². The fraction of sp³-hybridized carbons (Fsp3) is 0.211. The maximum Gasteiger partial charge on any atom is 0.319 e. The highest BCUT2D eigenvalue weighted by Gasteiger charge is 2.11. The van der Waals surface area contributed by atoms with E-state index in [-0.39, 0.29) is 12.1 Å². The molecule has 1 heterocycles. The lowest BCUT2D eigenvalue weighted by molar-refractivity contribution is 0.249. The Hall–Kier alpha value is -2.33. The molecule has 0 fully saturated rings. The highest BCUT2D eigenvalue weighted by molar-refractivity contribution is 7.17. The molecule has 0 aliphatic heterocycles. The number of amides is 2. The molecule has 3 rings (SSSR count). The normalized spacial score (nSPS) is 12.1. The van der Waals surface area contributed by atoms with Gasteiger partial charge in [-0.1, -0.05) is 36.4 Å². The smallest absolute Gasteiger partial charge is 0.319 e. The fourth-order valence-corrected chi connectivity index (χ4v) is 3.64. The van der Waals surface area contributed by atoms with Crippen molar-refractivity contribution in [2.24, 2.45) is 0 Å². The zero-order valence-corrected chi connectivity index (χ0v) is 14.1. The first-order chi connectivity index (χ1) is 11.1. The molecule has 1 atom stereocenters. The molecule has 1 aromatic heterocycles. The Kier molecular flexibility index (Phi) is 4.63. The summed E-state index contributed by atoms with van der Waals surface area (Å²) in [6, 6.07) is 16.1. The lowest BCUT2D eigenvalue weighted by Crippen LogP contribution is -2.37. The summed E-state index contributed by atoms with van der Waals surface area (Å²) in [7, 11) is 0. The van der Waals surface area contributed by atoms with Gasteiger partial charge in [0.25, 0.3) is 0 Å². The quantitative estimate of drug-likeness (QED) is 0.699. The maximum absolute atomic E-state index is 12.1. The van der Waals surface area contributed by atoms with Crippen LogP contribution in [-0.2, 0) is 6.42 Å². The predicted octanol–water partition coefficient (Wildman–Crippen LogP) is 4.96. The second-order valence-corrected chi connectivity index (χ2v) is 6.69. The van der Waals surface area contributed by atoms with Gasteiger partial charge in [-0.15, -0.1) is 11.3 Å². The van der Waals surface area contributed by atoms with E-state index in [4.69, 9.17) is 0 Å². The molecule has 0 radical (unpaired) electrons. The van der Waals surface area contributed by atoms with E-state index in [1.54, 1.807) is 11.3 Å². The molecule has 0 bridgehead atoms. The van der Waals surface area contributed by atoms with Crippen LogP contribution in [0.15, 0.2) is 53.9 Å². The first kappa shape index (κ1) is 15.6. The molecule has 0 saturated heterocycles. The summed E-state index contributed by atoms with van der Waals surface area (Å²) in [5.41, 5.74) is 3.19. The number of fused-ring (bicyclic) bond motifs is 1. The number of carbonyl (C=O) groups excluding carboxylic acids is 1. The number of para-hydroxylation sites is 1. The molecule has 3 nitrogen and oxygen atoms in total. The van der Waals surface area contributed by atoms with Crippen LogP contribution in [0.1, 0.15) is 18.1 Å². The van der Waals surface area contributed by atoms with Crippen LogP contribution in [-0.4, -0.2) is 12.1 Å².